The van der Waals surface area contributed by atoms with Crippen LogP contribution in [0.3, 0.4) is 0 Å². The van der Waals surface area contributed by atoms with E-state index in [1.807, 2.05) is 9.97 Å². The fraction of sp³-hybridized carbons (Fsp3) is 0.582. The van der Waals surface area contributed by atoms with Crippen molar-refractivity contribution in [3.8, 4) is 35.5 Å². The van der Waals surface area contributed by atoms with Crippen molar-refractivity contribution in [2.24, 2.45) is 5.73 Å². The Kier molecular flexibility index (Phi) is 36.8. The number of ether oxygens (including phenoxy) is 8. The van der Waals surface area contributed by atoms with E-state index >= 15 is 0 Å². The first kappa shape index (κ1) is 97.5. The second-order valence-electron chi connectivity index (χ2n) is 24.7. The zero-order valence-corrected chi connectivity index (χ0v) is 65.0. The Labute approximate surface area is 634 Å². The molecule has 0 aliphatic carbocycles. The van der Waals surface area contributed by atoms with Crippen LogP contribution in [0.25, 0.3) is 0 Å². The van der Waals surface area contributed by atoms with Crippen molar-refractivity contribution in [3.05, 3.63) is 97.8 Å². The highest BCUT2D eigenvalue weighted by atomic mass is 31.3. The molecule has 2 amide bonds. The van der Waals surface area contributed by atoms with E-state index in [9.17, 15) is 110 Å². The van der Waals surface area contributed by atoms with Crippen molar-refractivity contribution < 1.29 is 175 Å². The molecule has 6 rings (SSSR count). The Balaban J connectivity index is 0.000000362. The molecule has 19 N–H and O–H groups in total. The van der Waals surface area contributed by atoms with Crippen LogP contribution < -0.4 is 50.1 Å². The van der Waals surface area contributed by atoms with Gasteiger partial charge < -0.3 is 114 Å². The predicted octanol–water partition coefficient (Wildman–Crippen LogP) is -3.90. The Bertz CT molecular complexity index is 4770. The van der Waals surface area contributed by atoms with E-state index in [1.54, 1.807) is 41.5 Å². The maximum absolute atomic E-state index is 12.3. The molecule has 113 heavy (non-hydrogen) atoms. The number of nitrogens with one attached hydrogen (secondary N) is 5. The van der Waals surface area contributed by atoms with Crippen molar-refractivity contribution in [1.29, 1.82) is 0 Å². The van der Waals surface area contributed by atoms with Crippen LogP contribution in [-0.4, -0.2) is 225 Å². The molecular weight excluding hydrogens is 1660 g/mol. The van der Waals surface area contributed by atoms with Crippen LogP contribution in [0, 0.1) is 35.5 Å². The molecule has 0 spiro atoms. The van der Waals surface area contributed by atoms with Crippen LogP contribution in [0.2, 0.25) is 0 Å². The number of aliphatic hydroxyl groups is 4. The number of aromatic amines is 3. The van der Waals surface area contributed by atoms with Gasteiger partial charge in [0, 0.05) is 57.5 Å². The Hall–Kier alpha value is -7.83. The number of phosphoric ester groups is 2. The number of H-pyrrole nitrogens is 3. The number of carbonyl (C=O) groups excluding carboxylic acids is 5. The lowest BCUT2D eigenvalue weighted by Gasteiger charge is -2.19. The summed E-state index contributed by atoms with van der Waals surface area (Å²) >= 11 is 0. The van der Waals surface area contributed by atoms with E-state index in [2.05, 4.69) is 77.4 Å². The molecule has 52 nitrogen and oxygen atoms in total. The first-order chi connectivity index (χ1) is 52.1. The van der Waals surface area contributed by atoms with Crippen LogP contribution in [0.4, 0.5) is 9.59 Å². The van der Waals surface area contributed by atoms with Crippen molar-refractivity contribution in [1.82, 2.24) is 39.3 Å². The summed E-state index contributed by atoms with van der Waals surface area (Å²) in [5, 5.41) is 44.2. The highest BCUT2D eigenvalue weighted by Gasteiger charge is 2.45. The molecule has 3 aromatic rings. The van der Waals surface area contributed by atoms with Gasteiger partial charge in [-0.3, -0.25) is 66.5 Å². The molecule has 3 aliphatic heterocycles. The van der Waals surface area contributed by atoms with E-state index in [1.165, 1.54) is 6.20 Å². The minimum atomic E-state index is -5.77. The summed E-state index contributed by atoms with van der Waals surface area (Å²) in [6.07, 6.45) is -10.0. The highest BCUT2D eigenvalue weighted by Crippen LogP contribution is 2.67. The lowest BCUT2D eigenvalue weighted by molar-refractivity contribution is -0.142. The van der Waals surface area contributed by atoms with Crippen LogP contribution in [0.15, 0.2) is 47.4 Å². The van der Waals surface area contributed by atoms with Gasteiger partial charge in [-0.2, -0.15) is 17.2 Å². The van der Waals surface area contributed by atoms with Crippen LogP contribution in [0.1, 0.15) is 115 Å². The highest BCUT2D eigenvalue weighted by molar-refractivity contribution is 7.67. The second kappa shape index (κ2) is 42.7. The van der Waals surface area contributed by atoms with Gasteiger partial charge in [0.15, 0.2) is 19.8 Å². The first-order valence-electron chi connectivity index (χ1n) is 31.9. The molecule has 3 fully saturated rings. The lowest BCUT2D eigenvalue weighted by Crippen LogP contribution is -2.34. The molecule has 3 aromatic heterocycles. The van der Waals surface area contributed by atoms with E-state index in [-0.39, 0.29) is 88.1 Å². The smallest absolute Gasteiger partial charge is 0.452 e. The summed E-state index contributed by atoms with van der Waals surface area (Å²) in [5.74, 6) is 12.7. The topological polar surface area (TPSA) is 774 Å². The number of carbonyl (C=O) groups is 5. The van der Waals surface area contributed by atoms with Gasteiger partial charge >= 0.3 is 94.1 Å². The largest absolute Gasteiger partial charge is 0.490 e. The van der Waals surface area contributed by atoms with E-state index in [0.29, 0.717) is 0 Å². The molecule has 58 heteroatoms. The zero-order chi connectivity index (χ0) is 85.4. The summed E-state index contributed by atoms with van der Waals surface area (Å²) in [4.78, 5) is 208. The number of alkyl carbamates (subject to hydrolysis) is 2. The normalized spacial score (nSPS) is 21.5. The average molecular weight is 1740 g/mol. The van der Waals surface area contributed by atoms with Crippen LogP contribution in [-0.2, 0) is 106 Å². The van der Waals surface area contributed by atoms with Crippen LogP contribution in [0.5, 0.6) is 0 Å². The molecular formula is C55H79N9O43P6. The number of nitrogens with two attached hydrogens (primary N) is 1. The van der Waals surface area contributed by atoms with Gasteiger partial charge in [0.2, 0.25) is 0 Å². The lowest BCUT2D eigenvalue weighted by atomic mass is 10.2. The maximum atomic E-state index is 12.3. The van der Waals surface area contributed by atoms with Gasteiger partial charge in [-0.05, 0) is 41.5 Å². The summed E-state index contributed by atoms with van der Waals surface area (Å²) in [6, 6.07) is 0. The van der Waals surface area contributed by atoms with Crippen molar-refractivity contribution >= 4 is 77.0 Å². The molecule has 632 valence electrons. The number of esters is 3. The van der Waals surface area contributed by atoms with Crippen molar-refractivity contribution in [2.45, 2.75) is 147 Å². The number of aromatic nitrogens is 6. The molecule has 0 saturated carbocycles. The summed E-state index contributed by atoms with van der Waals surface area (Å²) in [5.41, 5.74) is -1.96. The Morgan fingerprint density at radius 2 is 0.779 bits per heavy atom. The number of hydrogen-bond acceptors (Lipinski definition) is 36. The third kappa shape index (κ3) is 36.7. The minimum Gasteiger partial charge on any atom is -0.452 e. The number of amides is 2. The Morgan fingerprint density at radius 1 is 0.487 bits per heavy atom. The number of aliphatic hydroxyl groups excluding tert-OH is 4. The monoisotopic (exact) mass is 1740 g/mol. The average Bonchev–Trinajstić information content (AvgIpc) is 1.71. The molecule has 3 aliphatic rings. The maximum Gasteiger partial charge on any atom is 0.490 e. The quantitative estimate of drug-likeness (QED) is 0.0137. The summed E-state index contributed by atoms with van der Waals surface area (Å²) in [6.45, 7) is 6.70. The predicted molar refractivity (Wildman–Crippen MR) is 369 cm³/mol. The summed E-state index contributed by atoms with van der Waals surface area (Å²) in [7, 11) is -33.7. The molecule has 3 saturated heterocycles. The molecule has 0 radical (unpaired) electrons. The minimum absolute atomic E-state index is 0.0217. The van der Waals surface area contributed by atoms with Gasteiger partial charge in [-0.15, -0.1) is 0 Å². The second-order valence-corrected chi connectivity index (χ2v) is 33.5. The molecule has 0 aromatic carbocycles. The third-order valence-electron chi connectivity index (χ3n) is 13.2. The number of phosphoric acid groups is 6. The molecule has 13 atom stereocenters. The molecule has 0 bridgehead atoms. The number of hydrogen-bond donors (Lipinski definition) is 18. The first-order valence-corrected chi connectivity index (χ1v) is 40.9. The fourth-order valence-corrected chi connectivity index (χ4v) is 14.7. The van der Waals surface area contributed by atoms with Crippen molar-refractivity contribution in [3.63, 3.8) is 0 Å². The zero-order valence-electron chi connectivity index (χ0n) is 59.7. The van der Waals surface area contributed by atoms with Gasteiger partial charge in [0.1, 0.15) is 64.9 Å². The Morgan fingerprint density at radius 3 is 1.05 bits per heavy atom. The van der Waals surface area contributed by atoms with E-state index in [0.717, 1.165) is 26.1 Å². The van der Waals surface area contributed by atoms with Gasteiger partial charge in [-0.25, -0.2) is 51.4 Å². The van der Waals surface area contributed by atoms with E-state index < -0.39 is 204 Å². The number of nitrogens with zero attached hydrogens (tertiary/aromatic N) is 3. The van der Waals surface area contributed by atoms with Gasteiger partial charge in [0.05, 0.1) is 57.4 Å². The third-order valence-corrected chi connectivity index (χ3v) is 20.8. The SMILES string of the molecule is CC(C)(C)OC(=O)NCCC(=O)OCC#Cc1cn(C2CC(O)C(CO)O2)c(=O)[nH]c1=O.CC(C)(C)OC(=O)NCCC(=O)OCC#Cc1cn(C2CC(O)C(COP(=O)(O)OP(=O)(O)OP(=O)(O)O)O2)c(=O)[nH]c1=O.NCCC(=O)OCC#Cc1cn(C2CC(O)C(COP(=O)(O)OP(=O)(O)OP(=O)(O)O)O2)c(=O)[nH]c1=O. The standard InChI is InChI=1S/C20H30N3O18P3.C20H27N3O9.C15H22N3O16P3/c1-20(2,3)39-19(28)21-7-6-16(25)36-8-4-5-12-10-23(18(27)22-17(12)26)15-9-13(24)14(38-15)11-37-43(32,33)41-44(34,35)40-42(29,30)31;1-20(2,3)32-19(29)21-7-6-16(26)30-8-4-5-12-10-23(18(28)22-17(12)27)15-9-13(25)14(11-24)31-15;16-4-3-13(20)30-5-1-2-9-7-18(15(22)17-14(9)21)12-6-10(19)11(32-12)8-31-36(26,27)34-37(28,29)33-35(23,24)25/h10,13-15,24H,6-9,11H2,1-3H3,(H,21,28)(H,32,33)(H,34,35)(H,22,26,27)(H2,29,30,31);10,13-15,24-25H,6-9,11H2,1-3H3,(H,21,29)(H,22,27,28);7,10-12,19H,3-6,8,16H2,(H,26,27)(H,28,29)(H,17,21,22)(H2,23,24,25). The van der Waals surface area contributed by atoms with Gasteiger partial charge in [0.25, 0.3) is 16.7 Å². The molecule has 13 unspecified atom stereocenters. The van der Waals surface area contributed by atoms with Crippen LogP contribution >= 0.6 is 46.9 Å². The molecule has 6 heterocycles. The van der Waals surface area contributed by atoms with E-state index in [4.69, 9.17) is 73.2 Å². The number of rotatable bonds is 29. The fourth-order valence-electron chi connectivity index (χ4n) is 8.67. The van der Waals surface area contributed by atoms with Crippen molar-refractivity contribution in [2.75, 3.05) is 59.3 Å². The van der Waals surface area contributed by atoms with Gasteiger partial charge in [-0.1, -0.05) is 35.5 Å². The summed E-state index contributed by atoms with van der Waals surface area (Å²) < 4.78 is 135.